The number of nitrogens with one attached hydrogen (secondary N) is 1. The number of allylic oxidation sites excluding steroid dienone is 1. The van der Waals surface area contributed by atoms with Crippen molar-refractivity contribution >= 4 is 17.6 Å². The Kier molecular flexibility index (Phi) is 3.46. The molecule has 0 fully saturated rings. The smallest absolute Gasteiger partial charge is 0.278 e. The molecule has 0 atom stereocenters. The summed E-state index contributed by atoms with van der Waals surface area (Å²) < 4.78 is 1.32. The topological polar surface area (TPSA) is 101 Å². The van der Waals surface area contributed by atoms with E-state index in [9.17, 15) is 4.79 Å². The van der Waals surface area contributed by atoms with Crippen LogP contribution in [0.15, 0.2) is 22.3 Å². The number of nitrogens with zero attached hydrogens (tertiary/aromatic N) is 4. The molecular formula is C12H16N6O. The Bertz CT molecular complexity index is 707. The molecule has 0 saturated carbocycles. The van der Waals surface area contributed by atoms with Crippen molar-refractivity contribution in [3.8, 4) is 0 Å². The van der Waals surface area contributed by atoms with E-state index in [2.05, 4.69) is 20.1 Å². The summed E-state index contributed by atoms with van der Waals surface area (Å²) in [7, 11) is 1.64. The molecule has 0 saturated heterocycles. The van der Waals surface area contributed by atoms with Crippen molar-refractivity contribution in [2.45, 2.75) is 19.8 Å². The van der Waals surface area contributed by atoms with E-state index in [1.54, 1.807) is 13.3 Å². The molecule has 0 amide bonds. The minimum Gasteiger partial charge on any atom is -0.404 e. The summed E-state index contributed by atoms with van der Waals surface area (Å²) in [6, 6.07) is 0. The first-order valence-electron chi connectivity index (χ1n) is 5.90. The lowest BCUT2D eigenvalue weighted by molar-refractivity contribution is 0.788. The summed E-state index contributed by atoms with van der Waals surface area (Å²) in [6.07, 6.45) is 4.40. The zero-order chi connectivity index (χ0) is 14.0. The Balaban J connectivity index is 2.85. The second kappa shape index (κ2) is 5.05. The third-order valence-corrected chi connectivity index (χ3v) is 2.77. The van der Waals surface area contributed by atoms with E-state index in [4.69, 9.17) is 5.73 Å². The number of rotatable bonds is 3. The van der Waals surface area contributed by atoms with Crippen LogP contribution in [0.2, 0.25) is 0 Å². The molecule has 7 nitrogen and oxygen atoms in total. The Morgan fingerprint density at radius 2 is 2.32 bits per heavy atom. The van der Waals surface area contributed by atoms with Crippen molar-refractivity contribution in [3.05, 3.63) is 34.1 Å². The molecule has 100 valence electrons. The van der Waals surface area contributed by atoms with Gasteiger partial charge >= 0.3 is 0 Å². The highest BCUT2D eigenvalue weighted by Crippen LogP contribution is 2.19. The van der Waals surface area contributed by atoms with Crippen LogP contribution in [0.5, 0.6) is 0 Å². The largest absolute Gasteiger partial charge is 0.404 e. The summed E-state index contributed by atoms with van der Waals surface area (Å²) in [6.45, 7) is 3.86. The molecule has 2 aromatic rings. The van der Waals surface area contributed by atoms with Gasteiger partial charge in [0.05, 0.1) is 5.69 Å². The van der Waals surface area contributed by atoms with Gasteiger partial charge in [-0.05, 0) is 5.92 Å². The van der Waals surface area contributed by atoms with Gasteiger partial charge in [0.1, 0.15) is 6.33 Å². The van der Waals surface area contributed by atoms with Crippen LogP contribution in [0, 0.1) is 0 Å². The first-order valence-corrected chi connectivity index (χ1v) is 5.90. The predicted molar refractivity (Wildman–Crippen MR) is 74.3 cm³/mol. The van der Waals surface area contributed by atoms with Crippen molar-refractivity contribution < 1.29 is 0 Å². The number of fused-ring (bicyclic) bond motifs is 1. The molecule has 0 aromatic carbocycles. The summed E-state index contributed by atoms with van der Waals surface area (Å²) in [4.78, 5) is 24.7. The van der Waals surface area contributed by atoms with E-state index in [0.29, 0.717) is 22.6 Å². The lowest BCUT2D eigenvalue weighted by atomic mass is 9.99. The molecule has 2 rings (SSSR count). The Labute approximate surface area is 109 Å². The molecule has 2 aromatic heterocycles. The van der Waals surface area contributed by atoms with Gasteiger partial charge in [0, 0.05) is 30.6 Å². The van der Waals surface area contributed by atoms with Gasteiger partial charge in [0.15, 0.2) is 0 Å². The fraction of sp³-hybridized carbons (Fsp3) is 0.333. The van der Waals surface area contributed by atoms with Crippen molar-refractivity contribution in [2.75, 3.05) is 7.05 Å². The maximum atomic E-state index is 12.4. The van der Waals surface area contributed by atoms with Crippen molar-refractivity contribution in [1.82, 2.24) is 19.6 Å². The van der Waals surface area contributed by atoms with Crippen molar-refractivity contribution in [2.24, 2.45) is 10.7 Å². The second-order valence-corrected chi connectivity index (χ2v) is 4.37. The van der Waals surface area contributed by atoms with Gasteiger partial charge in [-0.1, -0.05) is 13.8 Å². The summed E-state index contributed by atoms with van der Waals surface area (Å²) >= 11 is 0. The number of H-pyrrole nitrogens is 1. The third kappa shape index (κ3) is 2.14. The van der Waals surface area contributed by atoms with E-state index in [1.807, 2.05) is 13.8 Å². The lowest BCUT2D eigenvalue weighted by Gasteiger charge is -2.11. The van der Waals surface area contributed by atoms with Crippen LogP contribution in [-0.2, 0) is 0 Å². The Morgan fingerprint density at radius 1 is 1.58 bits per heavy atom. The fourth-order valence-electron chi connectivity index (χ4n) is 1.93. The standard InChI is InChI=1S/C12H16N6O/c1-7(2)9-10(8(4-13)5-14-3)17-12-15-6-16-18(12)11(9)19/h4-7H,13H2,1-3H3,(H,15,16,17). The first-order chi connectivity index (χ1) is 9.10. The molecule has 0 radical (unpaired) electrons. The summed E-state index contributed by atoms with van der Waals surface area (Å²) in [5.74, 6) is 0.323. The third-order valence-electron chi connectivity index (χ3n) is 2.77. The highest BCUT2D eigenvalue weighted by molar-refractivity contribution is 6.09. The molecule has 3 N–H and O–H groups in total. The minimum atomic E-state index is -0.170. The van der Waals surface area contributed by atoms with E-state index in [0.717, 1.165) is 0 Å². The van der Waals surface area contributed by atoms with E-state index in [1.165, 1.54) is 17.0 Å². The summed E-state index contributed by atoms with van der Waals surface area (Å²) in [5.41, 5.74) is 7.14. The van der Waals surface area contributed by atoms with Crippen LogP contribution in [0.3, 0.4) is 0 Å². The molecule has 0 aliphatic heterocycles. The number of nitrogens with two attached hydrogens (primary N) is 1. The SMILES string of the molecule is CN=CC(=CN)c1nc2nc[nH]n2c(=O)c1C(C)C. The van der Waals surface area contributed by atoms with Gasteiger partial charge in [0.25, 0.3) is 11.3 Å². The highest BCUT2D eigenvalue weighted by atomic mass is 16.1. The highest BCUT2D eigenvalue weighted by Gasteiger charge is 2.18. The molecule has 7 heteroatoms. The number of hydrogen-bond acceptors (Lipinski definition) is 5. The van der Waals surface area contributed by atoms with Crippen molar-refractivity contribution in [1.29, 1.82) is 0 Å². The minimum absolute atomic E-state index is 0.00964. The average Bonchev–Trinajstić information content (AvgIpc) is 2.83. The van der Waals surface area contributed by atoms with Gasteiger partial charge in [0.2, 0.25) is 0 Å². The predicted octanol–water partition coefficient (Wildman–Crippen LogP) is 0.541. The number of aromatic nitrogens is 4. The zero-order valence-electron chi connectivity index (χ0n) is 11.1. The van der Waals surface area contributed by atoms with Crippen LogP contribution in [0.1, 0.15) is 31.0 Å². The average molecular weight is 260 g/mol. The van der Waals surface area contributed by atoms with Crippen molar-refractivity contribution in [3.63, 3.8) is 0 Å². The van der Waals surface area contributed by atoms with Gasteiger partial charge in [-0.2, -0.15) is 4.52 Å². The first kappa shape index (κ1) is 13.0. The summed E-state index contributed by atoms with van der Waals surface area (Å²) in [5, 5.41) is 2.75. The lowest BCUT2D eigenvalue weighted by Crippen LogP contribution is -2.24. The van der Waals surface area contributed by atoms with Crippen LogP contribution in [-0.4, -0.2) is 32.8 Å². The number of aliphatic imine (C=N–C) groups is 1. The second-order valence-electron chi connectivity index (χ2n) is 4.37. The van der Waals surface area contributed by atoms with Crippen LogP contribution >= 0.6 is 0 Å². The zero-order valence-corrected chi connectivity index (χ0v) is 11.1. The monoisotopic (exact) mass is 260 g/mol. The molecule has 19 heavy (non-hydrogen) atoms. The van der Waals surface area contributed by atoms with Gasteiger partial charge < -0.3 is 5.73 Å². The quantitative estimate of drug-likeness (QED) is 0.786. The number of aromatic amines is 1. The Morgan fingerprint density at radius 3 is 2.89 bits per heavy atom. The number of hydrogen-bond donors (Lipinski definition) is 2. The normalized spacial score (nSPS) is 12.9. The molecule has 0 unspecified atom stereocenters. The molecule has 0 aliphatic rings. The van der Waals surface area contributed by atoms with Crippen LogP contribution in [0.4, 0.5) is 0 Å². The maximum Gasteiger partial charge on any atom is 0.278 e. The Hall–Kier alpha value is -2.44. The van der Waals surface area contributed by atoms with Gasteiger partial charge in [-0.15, -0.1) is 0 Å². The van der Waals surface area contributed by atoms with E-state index >= 15 is 0 Å². The molecule has 0 aliphatic carbocycles. The fourth-order valence-corrected chi connectivity index (χ4v) is 1.93. The molecule has 0 bridgehead atoms. The molecular weight excluding hydrogens is 244 g/mol. The van der Waals surface area contributed by atoms with Gasteiger partial charge in [-0.3, -0.25) is 14.9 Å². The van der Waals surface area contributed by atoms with E-state index < -0.39 is 0 Å². The van der Waals surface area contributed by atoms with Crippen LogP contribution in [0.25, 0.3) is 11.4 Å². The molecule has 0 spiro atoms. The maximum absolute atomic E-state index is 12.4. The molecule has 2 heterocycles. The van der Waals surface area contributed by atoms with Crippen LogP contribution < -0.4 is 11.3 Å². The van der Waals surface area contributed by atoms with E-state index in [-0.39, 0.29) is 11.5 Å². The van der Waals surface area contributed by atoms with Gasteiger partial charge in [-0.25, -0.2) is 9.97 Å².